The number of hydrogen-bond donors (Lipinski definition) is 0. The summed E-state index contributed by atoms with van der Waals surface area (Å²) >= 11 is 0. The summed E-state index contributed by atoms with van der Waals surface area (Å²) < 4.78 is 2.41. The van der Waals surface area contributed by atoms with Gasteiger partial charge in [-0.3, -0.25) is 0 Å². The molecule has 0 atom stereocenters. The molecule has 3 rings (SSSR count). The van der Waals surface area contributed by atoms with E-state index in [0.717, 1.165) is 13.0 Å². The summed E-state index contributed by atoms with van der Waals surface area (Å²) in [6, 6.07) is 8.77. The molecule has 0 unspecified atom stereocenters. The summed E-state index contributed by atoms with van der Waals surface area (Å²) in [4.78, 5) is 4.58. The van der Waals surface area contributed by atoms with Gasteiger partial charge in [-0.25, -0.2) is 4.98 Å². The van der Waals surface area contributed by atoms with Crippen LogP contribution >= 0.6 is 0 Å². The van der Waals surface area contributed by atoms with Gasteiger partial charge < -0.3 is 4.57 Å². The minimum absolute atomic E-state index is 0.959. The molecular weight excluding hydrogens is 208 g/mol. The van der Waals surface area contributed by atoms with Gasteiger partial charge in [0.2, 0.25) is 0 Å². The van der Waals surface area contributed by atoms with Gasteiger partial charge >= 0.3 is 0 Å². The second kappa shape index (κ2) is 4.36. The van der Waals surface area contributed by atoms with Crippen LogP contribution in [0.15, 0.2) is 30.5 Å². The molecule has 88 valence electrons. The Morgan fingerprint density at radius 1 is 1.18 bits per heavy atom. The molecule has 0 fully saturated rings. The third-order valence-corrected chi connectivity index (χ3v) is 3.57. The van der Waals surface area contributed by atoms with Crippen molar-refractivity contribution in [1.29, 1.82) is 0 Å². The maximum atomic E-state index is 4.58. The third-order valence-electron chi connectivity index (χ3n) is 3.57. The molecule has 17 heavy (non-hydrogen) atoms. The monoisotopic (exact) mass is 226 g/mol. The normalized spacial score (nSPS) is 14.6. The van der Waals surface area contributed by atoms with E-state index in [-0.39, 0.29) is 0 Å². The maximum absolute atomic E-state index is 4.58. The van der Waals surface area contributed by atoms with Crippen LogP contribution in [0.2, 0.25) is 0 Å². The van der Waals surface area contributed by atoms with E-state index in [0.29, 0.717) is 0 Å². The van der Waals surface area contributed by atoms with E-state index in [4.69, 9.17) is 0 Å². The molecule has 1 aromatic carbocycles. The lowest BCUT2D eigenvalue weighted by atomic mass is 10.1. The zero-order valence-electron chi connectivity index (χ0n) is 10.3. The van der Waals surface area contributed by atoms with Gasteiger partial charge in [-0.05, 0) is 31.7 Å². The Labute approximate surface area is 102 Å². The molecule has 1 aliphatic rings. The van der Waals surface area contributed by atoms with Gasteiger partial charge in [-0.15, -0.1) is 0 Å². The first-order valence-electron chi connectivity index (χ1n) is 6.42. The highest BCUT2D eigenvalue weighted by atomic mass is 15.1. The summed E-state index contributed by atoms with van der Waals surface area (Å²) in [5, 5.41) is 0. The highest BCUT2D eigenvalue weighted by Gasteiger charge is 2.13. The van der Waals surface area contributed by atoms with E-state index in [1.807, 2.05) is 0 Å². The second-order valence-electron chi connectivity index (χ2n) is 4.94. The van der Waals surface area contributed by atoms with Crippen LogP contribution in [0.25, 0.3) is 0 Å². The summed E-state index contributed by atoms with van der Waals surface area (Å²) in [6.07, 6.45) is 6.82. The van der Waals surface area contributed by atoms with Gasteiger partial charge in [0.05, 0.1) is 0 Å². The third kappa shape index (κ3) is 2.12. The predicted octanol–water partition coefficient (Wildman–Crippen LogP) is 3.12. The fraction of sp³-hybridized carbons (Fsp3) is 0.400. The lowest BCUT2D eigenvalue weighted by molar-refractivity contribution is 0.518. The molecular formula is C15H18N2. The van der Waals surface area contributed by atoms with Crippen molar-refractivity contribution in [2.45, 2.75) is 39.2 Å². The summed E-state index contributed by atoms with van der Waals surface area (Å²) in [5.41, 5.74) is 4.09. The molecule has 0 spiro atoms. The zero-order valence-corrected chi connectivity index (χ0v) is 10.3. The average Bonchev–Trinajstić information content (AvgIpc) is 2.76. The number of hydrogen-bond acceptors (Lipinski definition) is 1. The van der Waals surface area contributed by atoms with Crippen molar-refractivity contribution in [2.24, 2.45) is 0 Å². The minimum atomic E-state index is 0.959. The smallest absolute Gasteiger partial charge is 0.113 e. The highest BCUT2D eigenvalue weighted by molar-refractivity contribution is 5.25. The molecule has 2 heteroatoms. The van der Waals surface area contributed by atoms with Gasteiger partial charge in [0.15, 0.2) is 0 Å². The zero-order chi connectivity index (χ0) is 11.7. The van der Waals surface area contributed by atoms with Crippen molar-refractivity contribution in [2.75, 3.05) is 0 Å². The van der Waals surface area contributed by atoms with Crippen LogP contribution in [0.4, 0.5) is 0 Å². The molecule has 0 saturated carbocycles. The van der Waals surface area contributed by atoms with Crippen molar-refractivity contribution in [1.82, 2.24) is 9.55 Å². The SMILES string of the molecule is Cc1ccc(Cc2ncc3n2CCCC3)cc1. The second-order valence-corrected chi connectivity index (χ2v) is 4.94. The molecule has 2 heterocycles. The number of rotatable bonds is 2. The summed E-state index contributed by atoms with van der Waals surface area (Å²) in [6.45, 7) is 3.28. The van der Waals surface area contributed by atoms with Crippen molar-refractivity contribution in [3.8, 4) is 0 Å². The van der Waals surface area contributed by atoms with E-state index >= 15 is 0 Å². The molecule has 1 aromatic heterocycles. The Balaban J connectivity index is 1.85. The lowest BCUT2D eigenvalue weighted by Gasteiger charge is -2.16. The number of aryl methyl sites for hydroxylation is 2. The Kier molecular flexibility index (Phi) is 2.71. The van der Waals surface area contributed by atoms with Crippen molar-refractivity contribution >= 4 is 0 Å². The van der Waals surface area contributed by atoms with E-state index in [2.05, 4.69) is 46.9 Å². The van der Waals surface area contributed by atoms with Gasteiger partial charge in [0, 0.05) is 24.9 Å². The molecule has 0 saturated heterocycles. The number of fused-ring (bicyclic) bond motifs is 1. The molecule has 2 aromatic rings. The van der Waals surface area contributed by atoms with E-state index in [1.54, 1.807) is 0 Å². The van der Waals surface area contributed by atoms with Crippen molar-refractivity contribution in [3.63, 3.8) is 0 Å². The average molecular weight is 226 g/mol. The van der Waals surface area contributed by atoms with Crippen LogP contribution < -0.4 is 0 Å². The first-order chi connectivity index (χ1) is 8.33. The first-order valence-corrected chi connectivity index (χ1v) is 6.42. The maximum Gasteiger partial charge on any atom is 0.113 e. The van der Waals surface area contributed by atoms with Crippen LogP contribution in [-0.4, -0.2) is 9.55 Å². The van der Waals surface area contributed by atoms with Gasteiger partial charge in [-0.1, -0.05) is 29.8 Å². The standard InChI is InChI=1S/C15H18N2/c1-12-5-7-13(8-6-12)10-15-16-11-14-4-2-3-9-17(14)15/h5-8,11H,2-4,9-10H2,1H3. The number of imidazole rings is 1. The Morgan fingerprint density at radius 3 is 2.82 bits per heavy atom. The van der Waals surface area contributed by atoms with E-state index < -0.39 is 0 Å². The highest BCUT2D eigenvalue weighted by Crippen LogP contribution is 2.18. The molecule has 0 bridgehead atoms. The van der Waals surface area contributed by atoms with Crippen LogP contribution in [0.1, 0.15) is 35.5 Å². The minimum Gasteiger partial charge on any atom is -0.332 e. The van der Waals surface area contributed by atoms with Crippen LogP contribution in [0.5, 0.6) is 0 Å². The number of aromatic nitrogens is 2. The lowest BCUT2D eigenvalue weighted by Crippen LogP contribution is -2.12. The molecule has 0 amide bonds. The van der Waals surface area contributed by atoms with Crippen LogP contribution in [0, 0.1) is 6.92 Å². The van der Waals surface area contributed by atoms with Crippen molar-refractivity contribution in [3.05, 3.63) is 53.1 Å². The summed E-state index contributed by atoms with van der Waals surface area (Å²) in [5.74, 6) is 1.23. The molecule has 1 aliphatic heterocycles. The molecule has 0 aliphatic carbocycles. The van der Waals surface area contributed by atoms with Crippen LogP contribution in [-0.2, 0) is 19.4 Å². The molecule has 2 nitrogen and oxygen atoms in total. The summed E-state index contributed by atoms with van der Waals surface area (Å²) in [7, 11) is 0. The van der Waals surface area contributed by atoms with Crippen LogP contribution in [0.3, 0.4) is 0 Å². The Hall–Kier alpha value is -1.57. The predicted molar refractivity (Wildman–Crippen MR) is 69.2 cm³/mol. The fourth-order valence-electron chi connectivity index (χ4n) is 2.53. The largest absolute Gasteiger partial charge is 0.332 e. The molecule has 0 N–H and O–H groups in total. The van der Waals surface area contributed by atoms with E-state index in [9.17, 15) is 0 Å². The van der Waals surface area contributed by atoms with E-state index in [1.165, 1.54) is 41.9 Å². The Bertz CT molecular complexity index is 508. The fourth-order valence-corrected chi connectivity index (χ4v) is 2.53. The number of benzene rings is 1. The van der Waals surface area contributed by atoms with Crippen molar-refractivity contribution < 1.29 is 0 Å². The Morgan fingerprint density at radius 2 is 2.00 bits per heavy atom. The topological polar surface area (TPSA) is 17.8 Å². The molecule has 0 radical (unpaired) electrons. The quantitative estimate of drug-likeness (QED) is 0.769. The van der Waals surface area contributed by atoms with Gasteiger partial charge in [0.25, 0.3) is 0 Å². The number of nitrogens with zero attached hydrogens (tertiary/aromatic N) is 2. The van der Waals surface area contributed by atoms with Gasteiger partial charge in [0.1, 0.15) is 5.82 Å². The van der Waals surface area contributed by atoms with Gasteiger partial charge in [-0.2, -0.15) is 0 Å². The first kappa shape index (κ1) is 10.6.